The minimum atomic E-state index is -4.69. The number of methoxy groups -OCH3 is 1. The standard InChI is InChI=1S/C26H21Cl2N3O6S.Na/c1-3-14-10-16(27)12-22(25(14)38(34,35)36)30-31-23-18-7-5-4-6-15(18)11-19(24(23)32)26(33)29-21-13-17(37-2)8-9-20(21)28;/h4-13,32H,3H2,1-2H3,(H,29,33)(H,34,35,36);/q;+1/p-1. The minimum Gasteiger partial charge on any atom is -0.870 e. The zero-order chi connectivity index (χ0) is 27.6. The third kappa shape index (κ3) is 6.72. The summed E-state index contributed by atoms with van der Waals surface area (Å²) < 4.78 is 39.2. The third-order valence-electron chi connectivity index (χ3n) is 5.65. The van der Waals surface area contributed by atoms with Crippen molar-refractivity contribution in [3.63, 3.8) is 0 Å². The van der Waals surface area contributed by atoms with Crippen LogP contribution in [0.1, 0.15) is 22.8 Å². The molecule has 0 saturated heterocycles. The van der Waals surface area contributed by atoms with Crippen LogP contribution in [0, 0.1) is 0 Å². The van der Waals surface area contributed by atoms with Crippen molar-refractivity contribution in [2.45, 2.75) is 18.2 Å². The summed E-state index contributed by atoms with van der Waals surface area (Å²) >= 11 is 12.3. The van der Waals surface area contributed by atoms with Gasteiger partial charge in [0.25, 0.3) is 16.0 Å². The summed E-state index contributed by atoms with van der Waals surface area (Å²) in [7, 11) is -3.23. The van der Waals surface area contributed by atoms with Gasteiger partial charge in [-0.25, -0.2) is 0 Å². The van der Waals surface area contributed by atoms with Crippen molar-refractivity contribution in [1.29, 1.82) is 0 Å². The number of carbonyl (C=O) groups is 1. The Morgan fingerprint density at radius 3 is 2.46 bits per heavy atom. The van der Waals surface area contributed by atoms with E-state index in [2.05, 4.69) is 15.5 Å². The number of nitrogens with zero attached hydrogens (tertiary/aromatic N) is 2. The molecule has 0 aliphatic carbocycles. The largest absolute Gasteiger partial charge is 1.00 e. The van der Waals surface area contributed by atoms with Gasteiger partial charge >= 0.3 is 29.6 Å². The van der Waals surface area contributed by atoms with Gasteiger partial charge in [-0.05, 0) is 47.7 Å². The van der Waals surface area contributed by atoms with Crippen LogP contribution >= 0.6 is 23.2 Å². The number of carbonyl (C=O) groups excluding carboxylic acids is 1. The SMILES string of the molecule is CCc1cc(Cl)cc(N=Nc2c([O-])c(C(=O)Nc3cc(OC)ccc3Cl)cc3ccccc23)c1S(=O)(=O)O.[Na+]. The van der Waals surface area contributed by atoms with Gasteiger partial charge in [0.05, 0.1) is 23.5 Å². The van der Waals surface area contributed by atoms with Crippen LogP contribution in [-0.4, -0.2) is 26.0 Å². The average molecular weight is 596 g/mol. The normalized spacial score (nSPS) is 11.4. The fraction of sp³-hybridized carbons (Fsp3) is 0.115. The monoisotopic (exact) mass is 595 g/mol. The summed E-state index contributed by atoms with van der Waals surface area (Å²) in [6.45, 7) is 1.68. The first-order valence-corrected chi connectivity index (χ1v) is 13.3. The summed E-state index contributed by atoms with van der Waals surface area (Å²) in [6.07, 6.45) is 0.233. The van der Waals surface area contributed by atoms with E-state index in [1.807, 2.05) is 0 Å². The van der Waals surface area contributed by atoms with Crippen molar-refractivity contribution in [2.24, 2.45) is 10.2 Å². The zero-order valence-corrected chi connectivity index (χ0v) is 25.4. The second kappa shape index (κ2) is 12.6. The quantitative estimate of drug-likeness (QED) is 0.189. The number of halogens is 2. The van der Waals surface area contributed by atoms with Crippen molar-refractivity contribution in [2.75, 3.05) is 12.4 Å². The number of benzene rings is 4. The van der Waals surface area contributed by atoms with E-state index in [4.69, 9.17) is 27.9 Å². The molecular weight excluding hydrogens is 576 g/mol. The Balaban J connectivity index is 0.00000420. The topological polar surface area (TPSA) is 140 Å². The van der Waals surface area contributed by atoms with Gasteiger partial charge in [0, 0.05) is 22.0 Å². The molecule has 196 valence electrons. The number of aryl methyl sites for hydroxylation is 1. The van der Waals surface area contributed by atoms with Crippen molar-refractivity contribution in [1.82, 2.24) is 0 Å². The van der Waals surface area contributed by atoms with Crippen molar-refractivity contribution in [3.05, 3.63) is 81.8 Å². The molecule has 39 heavy (non-hydrogen) atoms. The molecule has 4 aromatic rings. The van der Waals surface area contributed by atoms with Crippen LogP contribution in [0.4, 0.5) is 17.1 Å². The molecule has 0 fully saturated rings. The number of hydrogen-bond acceptors (Lipinski definition) is 7. The number of hydrogen-bond donors (Lipinski definition) is 2. The summed E-state index contributed by atoms with van der Waals surface area (Å²) in [5.41, 5.74) is -0.241. The van der Waals surface area contributed by atoms with E-state index in [-0.39, 0.29) is 74.2 Å². The Hall–Kier alpha value is -2.70. The van der Waals surface area contributed by atoms with E-state index >= 15 is 0 Å². The van der Waals surface area contributed by atoms with Gasteiger partial charge < -0.3 is 15.2 Å². The van der Waals surface area contributed by atoms with Crippen LogP contribution in [0.2, 0.25) is 10.0 Å². The Bertz CT molecular complexity index is 1710. The number of amides is 1. The molecule has 4 rings (SSSR count). The minimum absolute atomic E-state index is 0. The van der Waals surface area contributed by atoms with Crippen LogP contribution < -0.4 is 44.7 Å². The smallest absolute Gasteiger partial charge is 0.870 e. The van der Waals surface area contributed by atoms with Gasteiger partial charge in [-0.1, -0.05) is 60.1 Å². The van der Waals surface area contributed by atoms with Gasteiger partial charge in [-0.3, -0.25) is 9.35 Å². The number of rotatable bonds is 7. The first-order valence-electron chi connectivity index (χ1n) is 11.1. The molecule has 4 aromatic carbocycles. The van der Waals surface area contributed by atoms with E-state index in [9.17, 15) is 22.9 Å². The van der Waals surface area contributed by atoms with E-state index in [0.717, 1.165) is 0 Å². The van der Waals surface area contributed by atoms with E-state index in [1.54, 1.807) is 37.3 Å². The average Bonchev–Trinajstić information content (AvgIpc) is 2.87. The molecule has 0 atom stereocenters. The Morgan fingerprint density at radius 2 is 1.79 bits per heavy atom. The molecule has 0 spiro atoms. The Morgan fingerprint density at radius 1 is 1.08 bits per heavy atom. The van der Waals surface area contributed by atoms with Crippen LogP contribution in [0.15, 0.2) is 75.8 Å². The first-order chi connectivity index (χ1) is 18.0. The number of azo groups is 1. The van der Waals surface area contributed by atoms with Crippen LogP contribution in [-0.2, 0) is 16.5 Å². The Kier molecular flexibility index (Phi) is 10.0. The van der Waals surface area contributed by atoms with E-state index in [0.29, 0.717) is 16.5 Å². The molecule has 0 aliphatic rings. The van der Waals surface area contributed by atoms with E-state index in [1.165, 1.54) is 37.4 Å². The van der Waals surface area contributed by atoms with Crippen molar-refractivity contribution in [3.8, 4) is 11.5 Å². The second-order valence-electron chi connectivity index (χ2n) is 8.06. The molecule has 0 aromatic heterocycles. The summed E-state index contributed by atoms with van der Waals surface area (Å²) in [5, 5.41) is 25.4. The number of ether oxygens (including phenoxy) is 1. The summed E-state index contributed by atoms with van der Waals surface area (Å²) in [5.74, 6) is -1.06. The number of anilines is 1. The molecule has 0 unspecified atom stereocenters. The molecule has 0 aliphatic heterocycles. The zero-order valence-electron chi connectivity index (χ0n) is 21.0. The van der Waals surface area contributed by atoms with Gasteiger partial charge in [0.1, 0.15) is 16.3 Å². The van der Waals surface area contributed by atoms with Crippen LogP contribution in [0.3, 0.4) is 0 Å². The van der Waals surface area contributed by atoms with Crippen LogP contribution in [0.25, 0.3) is 10.8 Å². The maximum atomic E-state index is 13.4. The molecule has 2 N–H and O–H groups in total. The number of nitrogens with one attached hydrogen (secondary N) is 1. The van der Waals surface area contributed by atoms with Gasteiger partial charge in [-0.15, -0.1) is 5.11 Å². The maximum absolute atomic E-state index is 13.4. The summed E-state index contributed by atoms with van der Waals surface area (Å²) in [6, 6.07) is 15.4. The molecule has 1 amide bonds. The fourth-order valence-corrected chi connectivity index (χ4v) is 5.17. The molecule has 13 heteroatoms. The molecular formula is C26H20Cl2N3NaO6S. The van der Waals surface area contributed by atoms with Gasteiger partial charge in [0.2, 0.25) is 0 Å². The maximum Gasteiger partial charge on any atom is 1.00 e. The molecule has 0 radical (unpaired) electrons. The van der Waals surface area contributed by atoms with Crippen LogP contribution in [0.5, 0.6) is 11.5 Å². The molecule has 0 bridgehead atoms. The van der Waals surface area contributed by atoms with Crippen molar-refractivity contribution >= 4 is 67.1 Å². The van der Waals surface area contributed by atoms with Crippen molar-refractivity contribution < 1.29 is 57.2 Å². The predicted molar refractivity (Wildman–Crippen MR) is 144 cm³/mol. The van der Waals surface area contributed by atoms with Gasteiger partial charge in [-0.2, -0.15) is 13.5 Å². The second-order valence-corrected chi connectivity index (χ2v) is 10.3. The molecule has 0 saturated carbocycles. The Labute approximate surface area is 256 Å². The third-order valence-corrected chi connectivity index (χ3v) is 7.18. The first kappa shape index (κ1) is 30.8. The summed E-state index contributed by atoms with van der Waals surface area (Å²) in [4.78, 5) is 12.7. The number of fused-ring (bicyclic) bond motifs is 1. The molecule has 0 heterocycles. The fourth-order valence-electron chi connectivity index (χ4n) is 3.87. The van der Waals surface area contributed by atoms with Gasteiger partial charge in [0.15, 0.2) is 0 Å². The predicted octanol–water partition coefficient (Wildman–Crippen LogP) is 3.71. The van der Waals surface area contributed by atoms with E-state index < -0.39 is 26.7 Å². The molecule has 9 nitrogen and oxygen atoms in total.